The SMILES string of the molecule is CC(=O)NCC1(c2cn(C(C(=O)N3CC(O)CC3C(C=O)NC(Cc3ccc(-c4ccccc4)cc3)C(N)=O)C(C)(C)C)nn2)CC1. The number of aliphatic hydroxyl groups is 1. The van der Waals surface area contributed by atoms with Gasteiger partial charge in [0.2, 0.25) is 17.7 Å². The van der Waals surface area contributed by atoms with Gasteiger partial charge < -0.3 is 25.9 Å². The Morgan fingerprint density at radius 1 is 1.09 bits per heavy atom. The maximum atomic E-state index is 14.4. The molecule has 1 aromatic heterocycles. The molecular weight excluding hydrogens is 598 g/mol. The first-order valence-corrected chi connectivity index (χ1v) is 16.1. The fourth-order valence-electron chi connectivity index (χ4n) is 6.50. The maximum absolute atomic E-state index is 14.4. The van der Waals surface area contributed by atoms with Crippen LogP contribution in [0.3, 0.4) is 0 Å². The molecule has 1 aliphatic heterocycles. The number of aldehydes is 1. The quantitative estimate of drug-likeness (QED) is 0.205. The number of aromatic nitrogens is 3. The summed E-state index contributed by atoms with van der Waals surface area (Å²) in [4.78, 5) is 52.6. The van der Waals surface area contributed by atoms with Gasteiger partial charge in [-0.25, -0.2) is 4.68 Å². The molecule has 5 N–H and O–H groups in total. The van der Waals surface area contributed by atoms with Crippen LogP contribution in [-0.4, -0.2) is 86.3 Å². The van der Waals surface area contributed by atoms with Crippen molar-refractivity contribution < 1.29 is 24.3 Å². The number of β-amino-alcohol motifs (C(OH)–C–C–N with tert-alkyl or cyclic N) is 1. The average molecular weight is 644 g/mol. The van der Waals surface area contributed by atoms with Crippen molar-refractivity contribution in [2.24, 2.45) is 11.1 Å². The van der Waals surface area contributed by atoms with E-state index in [1.54, 1.807) is 10.9 Å². The molecule has 5 atom stereocenters. The molecule has 2 aromatic carbocycles. The van der Waals surface area contributed by atoms with E-state index >= 15 is 0 Å². The van der Waals surface area contributed by atoms with Gasteiger partial charge in [-0.1, -0.05) is 80.6 Å². The average Bonchev–Trinajstić information content (AvgIpc) is 3.49. The van der Waals surface area contributed by atoms with Gasteiger partial charge >= 0.3 is 0 Å². The predicted molar refractivity (Wildman–Crippen MR) is 176 cm³/mol. The molecule has 1 saturated carbocycles. The van der Waals surface area contributed by atoms with E-state index in [1.165, 1.54) is 11.8 Å². The number of carbonyl (C=O) groups is 4. The minimum atomic E-state index is -0.962. The molecule has 12 heteroatoms. The van der Waals surface area contributed by atoms with Crippen LogP contribution in [0.4, 0.5) is 0 Å². The van der Waals surface area contributed by atoms with Crippen LogP contribution in [0.25, 0.3) is 11.1 Å². The molecule has 0 bridgehead atoms. The van der Waals surface area contributed by atoms with Crippen LogP contribution in [0.1, 0.15) is 64.3 Å². The number of benzene rings is 2. The number of nitrogens with one attached hydrogen (secondary N) is 2. The van der Waals surface area contributed by atoms with Crippen molar-refractivity contribution in [1.82, 2.24) is 30.5 Å². The summed E-state index contributed by atoms with van der Waals surface area (Å²) < 4.78 is 1.56. The summed E-state index contributed by atoms with van der Waals surface area (Å²) in [5.74, 6) is -1.07. The van der Waals surface area contributed by atoms with E-state index in [9.17, 15) is 24.3 Å². The highest BCUT2D eigenvalue weighted by Gasteiger charge is 2.49. The topological polar surface area (TPSA) is 173 Å². The molecule has 12 nitrogen and oxygen atoms in total. The van der Waals surface area contributed by atoms with Crippen molar-refractivity contribution in [2.75, 3.05) is 13.1 Å². The molecule has 0 spiro atoms. The molecule has 47 heavy (non-hydrogen) atoms. The number of hydrogen-bond donors (Lipinski definition) is 4. The number of carbonyl (C=O) groups excluding carboxylic acids is 4. The lowest BCUT2D eigenvalue weighted by atomic mass is 9.85. The Kier molecular flexibility index (Phi) is 9.92. The van der Waals surface area contributed by atoms with Gasteiger partial charge in [-0.15, -0.1) is 5.10 Å². The first-order chi connectivity index (χ1) is 22.3. The molecule has 1 saturated heterocycles. The molecule has 1 aliphatic carbocycles. The van der Waals surface area contributed by atoms with E-state index in [0.717, 1.165) is 29.5 Å². The van der Waals surface area contributed by atoms with Crippen molar-refractivity contribution in [3.63, 3.8) is 0 Å². The van der Waals surface area contributed by atoms with Crippen molar-refractivity contribution in [3.05, 3.63) is 72.1 Å². The first-order valence-electron chi connectivity index (χ1n) is 16.1. The number of likely N-dealkylation sites (tertiary alicyclic amines) is 1. The fourth-order valence-corrected chi connectivity index (χ4v) is 6.50. The summed E-state index contributed by atoms with van der Waals surface area (Å²) in [5, 5.41) is 25.5. The Labute approximate surface area is 275 Å². The van der Waals surface area contributed by atoms with Gasteiger partial charge in [-0.3, -0.25) is 19.7 Å². The van der Waals surface area contributed by atoms with Gasteiger partial charge in [0.25, 0.3) is 0 Å². The van der Waals surface area contributed by atoms with Crippen molar-refractivity contribution in [1.29, 1.82) is 0 Å². The second-order valence-electron chi connectivity index (χ2n) is 14.0. The Bertz CT molecular complexity index is 1580. The Morgan fingerprint density at radius 2 is 1.74 bits per heavy atom. The Balaban J connectivity index is 1.33. The molecule has 3 aromatic rings. The molecule has 0 radical (unpaired) electrons. The number of aliphatic hydroxyl groups excluding tert-OH is 1. The minimum Gasteiger partial charge on any atom is -0.391 e. The largest absolute Gasteiger partial charge is 0.391 e. The third kappa shape index (κ3) is 7.77. The Hall–Kier alpha value is -4.42. The van der Waals surface area contributed by atoms with Gasteiger partial charge in [-0.2, -0.15) is 0 Å². The molecule has 2 heterocycles. The van der Waals surface area contributed by atoms with Gasteiger partial charge in [0, 0.05) is 25.4 Å². The molecule has 2 fully saturated rings. The lowest BCUT2D eigenvalue weighted by Gasteiger charge is -2.37. The number of hydrogen-bond acceptors (Lipinski definition) is 8. The zero-order valence-electron chi connectivity index (χ0n) is 27.4. The first kappa shape index (κ1) is 33.9. The lowest BCUT2D eigenvalue weighted by Crippen LogP contribution is -2.57. The van der Waals surface area contributed by atoms with Crippen molar-refractivity contribution in [3.8, 4) is 11.1 Å². The second-order valence-corrected chi connectivity index (χ2v) is 14.0. The number of rotatable bonds is 13. The van der Waals surface area contributed by atoms with E-state index in [2.05, 4.69) is 20.9 Å². The molecule has 2 aliphatic rings. The molecule has 5 rings (SSSR count). The zero-order valence-corrected chi connectivity index (χ0v) is 27.4. The molecule has 5 unspecified atom stereocenters. The van der Waals surface area contributed by atoms with E-state index in [1.807, 2.05) is 75.4 Å². The number of nitrogens with zero attached hydrogens (tertiary/aromatic N) is 4. The number of nitrogens with two attached hydrogens (primary N) is 1. The summed E-state index contributed by atoms with van der Waals surface area (Å²) in [6.45, 7) is 7.70. The monoisotopic (exact) mass is 643 g/mol. The van der Waals surface area contributed by atoms with Gasteiger partial charge in [0.1, 0.15) is 12.3 Å². The van der Waals surface area contributed by atoms with Crippen molar-refractivity contribution >= 4 is 24.0 Å². The highest BCUT2D eigenvalue weighted by Crippen LogP contribution is 2.47. The van der Waals surface area contributed by atoms with Crippen LogP contribution in [0.2, 0.25) is 0 Å². The van der Waals surface area contributed by atoms with Crippen molar-refractivity contribution in [2.45, 2.75) is 89.1 Å². The summed E-state index contributed by atoms with van der Waals surface area (Å²) in [6, 6.07) is 14.4. The number of amides is 3. The lowest BCUT2D eigenvalue weighted by molar-refractivity contribution is -0.140. The standard InChI is InChI=1S/C35H45N7O5/c1-22(44)37-21-35(14-15-35)30-19-42(40-39-30)31(34(2,3)4)33(47)41-18-26(45)17-29(41)28(20-43)38-27(32(36)46)16-23-10-12-25(13-11-23)24-8-6-5-7-9-24/h5-13,19-20,26-29,31,38,45H,14-18,21H2,1-4H3,(H2,36,46)(H,37,44). The molecule has 250 valence electrons. The smallest absolute Gasteiger partial charge is 0.248 e. The van der Waals surface area contributed by atoms with Crippen LogP contribution in [0, 0.1) is 5.41 Å². The highest BCUT2D eigenvalue weighted by molar-refractivity contribution is 5.83. The van der Waals surface area contributed by atoms with E-state index in [4.69, 9.17) is 5.73 Å². The third-order valence-corrected chi connectivity index (χ3v) is 9.31. The fraction of sp³-hybridized carbons (Fsp3) is 0.486. The summed E-state index contributed by atoms with van der Waals surface area (Å²) in [7, 11) is 0. The van der Waals surface area contributed by atoms with Gasteiger partial charge in [0.05, 0.1) is 36.1 Å². The van der Waals surface area contributed by atoms with E-state index in [0.29, 0.717) is 18.5 Å². The number of primary amides is 1. The Morgan fingerprint density at radius 3 is 2.32 bits per heavy atom. The third-order valence-electron chi connectivity index (χ3n) is 9.31. The van der Waals surface area contributed by atoms with E-state index in [-0.39, 0.29) is 36.6 Å². The zero-order chi connectivity index (χ0) is 33.9. The second kappa shape index (κ2) is 13.7. The summed E-state index contributed by atoms with van der Waals surface area (Å²) in [5.41, 5.74) is 8.55. The van der Waals surface area contributed by atoms with Gasteiger partial charge in [0.15, 0.2) is 0 Å². The van der Waals surface area contributed by atoms with E-state index < -0.39 is 41.6 Å². The van der Waals surface area contributed by atoms with Gasteiger partial charge in [-0.05, 0) is 47.8 Å². The maximum Gasteiger partial charge on any atom is 0.248 e. The molecular formula is C35H45N7O5. The van der Waals surface area contributed by atoms with Crippen LogP contribution < -0.4 is 16.4 Å². The van der Waals surface area contributed by atoms with Crippen LogP contribution >= 0.6 is 0 Å². The molecule has 3 amide bonds. The van der Waals surface area contributed by atoms with Crippen LogP contribution in [0.15, 0.2) is 60.8 Å². The minimum absolute atomic E-state index is 0.0261. The van der Waals surface area contributed by atoms with Crippen LogP contribution in [0.5, 0.6) is 0 Å². The predicted octanol–water partition coefficient (Wildman–Crippen LogP) is 1.92. The van der Waals surface area contributed by atoms with Crippen LogP contribution in [-0.2, 0) is 31.0 Å². The summed E-state index contributed by atoms with van der Waals surface area (Å²) >= 11 is 0. The normalized spacial score (nSPS) is 20.7. The highest BCUT2D eigenvalue weighted by atomic mass is 16.3. The summed E-state index contributed by atoms with van der Waals surface area (Å²) in [6.07, 6.45) is 3.69.